The number of amides is 1. The highest BCUT2D eigenvalue weighted by molar-refractivity contribution is 5.81. The molecular formula is C25H34FN5O. The summed E-state index contributed by atoms with van der Waals surface area (Å²) in [5.74, 6) is -0.429. The van der Waals surface area contributed by atoms with Crippen LogP contribution in [0.5, 0.6) is 0 Å². The zero-order valence-corrected chi connectivity index (χ0v) is 18.8. The highest BCUT2D eigenvalue weighted by Crippen LogP contribution is 2.14. The number of guanidine groups is 1. The van der Waals surface area contributed by atoms with Crippen LogP contribution >= 0.6 is 0 Å². The first-order valence-electron chi connectivity index (χ1n) is 11.4. The number of benzene rings is 2. The van der Waals surface area contributed by atoms with E-state index < -0.39 is 11.8 Å². The van der Waals surface area contributed by atoms with Gasteiger partial charge in [0.05, 0.1) is 12.5 Å². The Kier molecular flexibility index (Phi) is 9.04. The SMILES string of the molecule is CCNC(=NCC(Cc1ccc(F)cc1)C(N)=O)NC1CCN(Cc2ccccc2)CC1. The molecule has 0 aromatic heterocycles. The quantitative estimate of drug-likeness (QED) is 0.414. The van der Waals surface area contributed by atoms with Crippen LogP contribution in [-0.4, -0.2) is 49.0 Å². The van der Waals surface area contributed by atoms with Crippen molar-refractivity contribution >= 4 is 11.9 Å². The van der Waals surface area contributed by atoms with Crippen molar-refractivity contribution in [3.05, 3.63) is 71.5 Å². The zero-order chi connectivity index (χ0) is 22.8. The van der Waals surface area contributed by atoms with Crippen LogP contribution in [0.1, 0.15) is 30.9 Å². The van der Waals surface area contributed by atoms with E-state index >= 15 is 0 Å². The van der Waals surface area contributed by atoms with Crippen LogP contribution in [0.2, 0.25) is 0 Å². The van der Waals surface area contributed by atoms with Gasteiger partial charge in [-0.3, -0.25) is 14.7 Å². The molecule has 1 aliphatic heterocycles. The average Bonchev–Trinajstić information content (AvgIpc) is 2.79. The number of piperidine rings is 1. The number of nitrogens with two attached hydrogens (primary N) is 1. The fraction of sp³-hybridized carbons (Fsp3) is 0.440. The Bertz CT molecular complexity index is 864. The van der Waals surface area contributed by atoms with Crippen LogP contribution in [0.4, 0.5) is 4.39 Å². The third-order valence-electron chi connectivity index (χ3n) is 5.79. The number of nitrogens with one attached hydrogen (secondary N) is 2. The molecule has 2 aromatic rings. The standard InChI is InChI=1S/C25H34FN5O/c1-2-28-25(29-17-21(24(27)32)16-19-8-10-22(26)11-9-19)30-23-12-14-31(15-13-23)18-20-6-4-3-5-7-20/h3-11,21,23H,2,12-18H2,1H3,(H2,27,32)(H2,28,29,30). The third kappa shape index (κ3) is 7.64. The molecule has 1 heterocycles. The molecule has 0 bridgehead atoms. The van der Waals surface area contributed by atoms with Crippen molar-refractivity contribution < 1.29 is 9.18 Å². The van der Waals surface area contributed by atoms with Crippen molar-refractivity contribution in [2.45, 2.75) is 38.8 Å². The van der Waals surface area contributed by atoms with E-state index in [1.54, 1.807) is 12.1 Å². The van der Waals surface area contributed by atoms with Gasteiger partial charge >= 0.3 is 0 Å². The van der Waals surface area contributed by atoms with E-state index in [0.717, 1.165) is 44.6 Å². The Morgan fingerprint density at radius 3 is 2.44 bits per heavy atom. The smallest absolute Gasteiger partial charge is 0.222 e. The largest absolute Gasteiger partial charge is 0.369 e. The number of rotatable bonds is 9. The molecule has 1 fully saturated rings. The summed E-state index contributed by atoms with van der Waals surface area (Å²) in [6, 6.07) is 17.0. The molecule has 0 spiro atoms. The minimum Gasteiger partial charge on any atom is -0.369 e. The maximum atomic E-state index is 13.1. The molecule has 32 heavy (non-hydrogen) atoms. The predicted octanol–water partition coefficient (Wildman–Crippen LogP) is 2.69. The maximum Gasteiger partial charge on any atom is 0.222 e. The predicted molar refractivity (Wildman–Crippen MR) is 127 cm³/mol. The lowest BCUT2D eigenvalue weighted by atomic mass is 9.99. The first-order chi connectivity index (χ1) is 15.5. The normalized spacial score (nSPS) is 16.5. The molecule has 0 aliphatic carbocycles. The van der Waals surface area contributed by atoms with Crippen LogP contribution < -0.4 is 16.4 Å². The molecule has 1 atom stereocenters. The number of carbonyl (C=O) groups is 1. The average molecular weight is 440 g/mol. The van der Waals surface area contributed by atoms with Gasteiger partial charge in [-0.15, -0.1) is 0 Å². The van der Waals surface area contributed by atoms with Crippen molar-refractivity contribution in [3.63, 3.8) is 0 Å². The molecule has 1 aliphatic rings. The van der Waals surface area contributed by atoms with Crippen molar-refractivity contribution in [2.75, 3.05) is 26.2 Å². The van der Waals surface area contributed by atoms with E-state index in [0.29, 0.717) is 18.4 Å². The van der Waals surface area contributed by atoms with Gasteiger partial charge in [0.2, 0.25) is 5.91 Å². The van der Waals surface area contributed by atoms with Gasteiger partial charge in [-0.25, -0.2) is 4.39 Å². The van der Waals surface area contributed by atoms with Gasteiger partial charge in [0.15, 0.2) is 5.96 Å². The van der Waals surface area contributed by atoms with Gasteiger partial charge in [0, 0.05) is 32.2 Å². The summed E-state index contributed by atoms with van der Waals surface area (Å²) >= 11 is 0. The minimum atomic E-state index is -0.441. The van der Waals surface area contributed by atoms with E-state index in [1.165, 1.54) is 17.7 Å². The summed E-state index contributed by atoms with van der Waals surface area (Å²) in [4.78, 5) is 19.1. The molecule has 0 saturated carbocycles. The van der Waals surface area contributed by atoms with Crippen LogP contribution in [0, 0.1) is 11.7 Å². The minimum absolute atomic E-state index is 0.287. The highest BCUT2D eigenvalue weighted by Gasteiger charge is 2.21. The van der Waals surface area contributed by atoms with E-state index in [4.69, 9.17) is 5.73 Å². The van der Waals surface area contributed by atoms with Gasteiger partial charge in [-0.05, 0) is 49.4 Å². The van der Waals surface area contributed by atoms with Crippen LogP contribution in [0.3, 0.4) is 0 Å². The van der Waals surface area contributed by atoms with E-state index in [1.807, 2.05) is 13.0 Å². The Labute approximate surface area is 190 Å². The molecule has 172 valence electrons. The number of nitrogens with zero attached hydrogens (tertiary/aromatic N) is 2. The molecular weight excluding hydrogens is 405 g/mol. The van der Waals surface area contributed by atoms with Gasteiger partial charge in [0.1, 0.15) is 5.82 Å². The second-order valence-corrected chi connectivity index (χ2v) is 8.33. The molecule has 3 rings (SSSR count). The van der Waals surface area contributed by atoms with E-state index in [9.17, 15) is 9.18 Å². The molecule has 0 radical (unpaired) electrons. The molecule has 2 aromatic carbocycles. The fourth-order valence-electron chi connectivity index (χ4n) is 3.95. The number of carbonyl (C=O) groups excluding carboxylic acids is 1. The monoisotopic (exact) mass is 439 g/mol. The number of halogens is 1. The summed E-state index contributed by atoms with van der Waals surface area (Å²) in [7, 11) is 0. The Morgan fingerprint density at radius 1 is 1.12 bits per heavy atom. The Morgan fingerprint density at radius 2 is 1.81 bits per heavy atom. The van der Waals surface area contributed by atoms with E-state index in [-0.39, 0.29) is 12.4 Å². The third-order valence-corrected chi connectivity index (χ3v) is 5.79. The molecule has 1 amide bonds. The van der Waals surface area contributed by atoms with Gasteiger partial charge < -0.3 is 16.4 Å². The second kappa shape index (κ2) is 12.2. The molecule has 7 heteroatoms. The number of likely N-dealkylation sites (tertiary alicyclic amines) is 1. The topological polar surface area (TPSA) is 82.7 Å². The van der Waals surface area contributed by atoms with Crippen LogP contribution in [0.15, 0.2) is 59.6 Å². The summed E-state index contributed by atoms with van der Waals surface area (Å²) < 4.78 is 13.1. The lowest BCUT2D eigenvalue weighted by Crippen LogP contribution is -2.48. The Balaban J connectivity index is 1.52. The van der Waals surface area contributed by atoms with Gasteiger partial charge in [-0.1, -0.05) is 42.5 Å². The first kappa shape index (κ1) is 23.7. The lowest BCUT2D eigenvalue weighted by Gasteiger charge is -2.33. The van der Waals surface area contributed by atoms with Crippen LogP contribution in [-0.2, 0) is 17.8 Å². The molecule has 4 N–H and O–H groups in total. The summed E-state index contributed by atoms with van der Waals surface area (Å²) in [5.41, 5.74) is 7.82. The van der Waals surface area contributed by atoms with Crippen molar-refractivity contribution in [2.24, 2.45) is 16.6 Å². The van der Waals surface area contributed by atoms with Crippen molar-refractivity contribution in [1.29, 1.82) is 0 Å². The highest BCUT2D eigenvalue weighted by atomic mass is 19.1. The molecule has 1 saturated heterocycles. The second-order valence-electron chi connectivity index (χ2n) is 8.33. The number of hydrogen-bond acceptors (Lipinski definition) is 3. The van der Waals surface area contributed by atoms with Crippen molar-refractivity contribution in [3.8, 4) is 0 Å². The Hall–Kier alpha value is -2.93. The number of primary amides is 1. The summed E-state index contributed by atoms with van der Waals surface area (Å²) in [6.45, 7) is 6.07. The first-order valence-corrected chi connectivity index (χ1v) is 11.4. The zero-order valence-electron chi connectivity index (χ0n) is 18.8. The number of hydrogen-bond donors (Lipinski definition) is 3. The van der Waals surface area contributed by atoms with E-state index in [2.05, 4.69) is 44.8 Å². The molecule has 1 unspecified atom stereocenters. The van der Waals surface area contributed by atoms with Gasteiger partial charge in [-0.2, -0.15) is 0 Å². The summed E-state index contributed by atoms with van der Waals surface area (Å²) in [6.07, 6.45) is 2.51. The van der Waals surface area contributed by atoms with Crippen LogP contribution in [0.25, 0.3) is 0 Å². The number of aliphatic imine (C=N–C) groups is 1. The maximum absolute atomic E-state index is 13.1. The molecule has 6 nitrogen and oxygen atoms in total. The van der Waals surface area contributed by atoms with Gasteiger partial charge in [0.25, 0.3) is 0 Å². The van der Waals surface area contributed by atoms with Crippen molar-refractivity contribution in [1.82, 2.24) is 15.5 Å². The summed E-state index contributed by atoms with van der Waals surface area (Å²) in [5, 5.41) is 6.79. The fourth-order valence-corrected chi connectivity index (χ4v) is 3.95. The lowest BCUT2D eigenvalue weighted by molar-refractivity contribution is -0.121.